The van der Waals surface area contributed by atoms with Crippen molar-refractivity contribution in [3.63, 3.8) is 0 Å². The number of thiophene rings is 1. The Labute approximate surface area is 198 Å². The van der Waals surface area contributed by atoms with Gasteiger partial charge in [0.1, 0.15) is 24.2 Å². The van der Waals surface area contributed by atoms with Crippen molar-refractivity contribution in [1.82, 2.24) is 9.88 Å². The van der Waals surface area contributed by atoms with Gasteiger partial charge in [-0.2, -0.15) is 0 Å². The number of rotatable bonds is 7. The van der Waals surface area contributed by atoms with Crippen molar-refractivity contribution in [3.8, 4) is 11.5 Å². The van der Waals surface area contributed by atoms with Crippen molar-refractivity contribution >= 4 is 32.3 Å². The summed E-state index contributed by atoms with van der Waals surface area (Å²) in [5, 5.41) is 13.1. The number of nitrogens with zero attached hydrogens (tertiary/aromatic N) is 1. The fourth-order valence-corrected chi connectivity index (χ4v) is 6.25. The number of aromatic nitrogens is 1. The summed E-state index contributed by atoms with van der Waals surface area (Å²) in [4.78, 5) is 7.20. The Morgan fingerprint density at radius 3 is 2.91 bits per heavy atom. The number of piperidine rings is 1. The lowest BCUT2D eigenvalue weighted by atomic mass is 9.90. The van der Waals surface area contributed by atoms with Crippen LogP contribution in [-0.2, 0) is 0 Å². The zero-order valence-corrected chi connectivity index (χ0v) is 20.3. The van der Waals surface area contributed by atoms with Crippen molar-refractivity contribution in [2.45, 2.75) is 44.8 Å². The summed E-state index contributed by atoms with van der Waals surface area (Å²) in [5.74, 6) is 2.31. The van der Waals surface area contributed by atoms with E-state index < -0.39 is 6.10 Å². The van der Waals surface area contributed by atoms with Gasteiger partial charge < -0.3 is 19.6 Å². The Balaban J connectivity index is 1.17. The molecule has 0 bridgehead atoms. The number of aliphatic hydroxyl groups excluding tert-OH is 1. The molecule has 5 rings (SSSR count). The van der Waals surface area contributed by atoms with Crippen molar-refractivity contribution < 1.29 is 14.6 Å². The third kappa shape index (κ3) is 4.74. The summed E-state index contributed by atoms with van der Waals surface area (Å²) in [6, 6.07) is 17.2. The summed E-state index contributed by atoms with van der Waals surface area (Å²) in [5.41, 5.74) is 2.17. The number of aromatic amines is 1. The van der Waals surface area contributed by atoms with Crippen LogP contribution >= 0.6 is 11.3 Å². The molecule has 0 radical (unpaired) electrons. The first-order valence-electron chi connectivity index (χ1n) is 11.7. The van der Waals surface area contributed by atoms with Gasteiger partial charge in [-0.25, -0.2) is 0 Å². The fourth-order valence-electron chi connectivity index (χ4n) is 5.01. The molecule has 1 aliphatic heterocycles. The maximum absolute atomic E-state index is 10.7. The van der Waals surface area contributed by atoms with E-state index in [1.165, 1.54) is 15.0 Å². The third-order valence-electron chi connectivity index (χ3n) is 6.80. The molecule has 2 aromatic carbocycles. The lowest BCUT2D eigenvalue weighted by Crippen LogP contribution is -2.45. The first-order chi connectivity index (χ1) is 16.0. The number of aryl methyl sites for hydroxylation is 1. The molecule has 5 nitrogen and oxygen atoms in total. The molecule has 2 aromatic heterocycles. The molecular weight excluding hydrogens is 432 g/mol. The number of ether oxygens (including phenoxy) is 2. The maximum Gasteiger partial charge on any atom is 0.128 e. The maximum atomic E-state index is 10.7. The molecule has 3 unspecified atom stereocenters. The molecule has 0 amide bonds. The van der Waals surface area contributed by atoms with Crippen molar-refractivity contribution in [1.29, 1.82) is 0 Å². The molecule has 2 N–H and O–H groups in total. The van der Waals surface area contributed by atoms with Crippen molar-refractivity contribution in [2.24, 2.45) is 0 Å². The van der Waals surface area contributed by atoms with E-state index in [1.807, 2.05) is 42.5 Å². The predicted molar refractivity (Wildman–Crippen MR) is 136 cm³/mol. The zero-order valence-electron chi connectivity index (χ0n) is 19.5. The van der Waals surface area contributed by atoms with Crippen LogP contribution in [0.4, 0.5) is 0 Å². The first-order valence-corrected chi connectivity index (χ1v) is 12.5. The topological polar surface area (TPSA) is 57.7 Å². The Bertz CT molecular complexity index is 1250. The number of H-pyrrole nitrogens is 1. The summed E-state index contributed by atoms with van der Waals surface area (Å²) < 4.78 is 12.7. The standard InChI is InChI=1S/C27H32N2O3S/c1-17-11-23-24(28-17)5-4-6-25(23)32-16-21(30)15-29-10-9-20(12-18(29)2)26-13-19-7-8-22(31-3)14-27(19)33-26/h4-8,11,13-14,18,20-21,28,30H,9-10,12,15-16H2,1-3H3. The zero-order chi connectivity index (χ0) is 22.9. The smallest absolute Gasteiger partial charge is 0.128 e. The Kier molecular flexibility index (Phi) is 6.32. The van der Waals surface area contributed by atoms with Gasteiger partial charge in [-0.15, -0.1) is 11.3 Å². The largest absolute Gasteiger partial charge is 0.497 e. The van der Waals surface area contributed by atoms with Gasteiger partial charge in [0.25, 0.3) is 0 Å². The first kappa shape index (κ1) is 22.3. The van der Waals surface area contributed by atoms with Crippen LogP contribution in [0.25, 0.3) is 21.0 Å². The van der Waals surface area contributed by atoms with E-state index in [1.54, 1.807) is 7.11 Å². The number of hydrogen-bond donors (Lipinski definition) is 2. The molecule has 6 heteroatoms. The summed E-state index contributed by atoms with van der Waals surface area (Å²) in [6.45, 7) is 6.25. The number of fused-ring (bicyclic) bond motifs is 2. The molecule has 0 aliphatic carbocycles. The molecule has 3 heterocycles. The minimum absolute atomic E-state index is 0.300. The van der Waals surface area contributed by atoms with Crippen LogP contribution in [0.5, 0.6) is 11.5 Å². The molecule has 3 atom stereocenters. The number of aliphatic hydroxyl groups is 1. The van der Waals surface area contributed by atoms with Crippen molar-refractivity contribution in [3.05, 3.63) is 59.1 Å². The number of methoxy groups -OCH3 is 1. The quantitative estimate of drug-likeness (QED) is 0.368. The normalized spacial score (nSPS) is 20.4. The molecule has 0 saturated carbocycles. The second kappa shape index (κ2) is 9.37. The van der Waals surface area contributed by atoms with Gasteiger partial charge in [0, 0.05) is 38.8 Å². The molecule has 4 aromatic rings. The highest BCUT2D eigenvalue weighted by atomic mass is 32.1. The van der Waals surface area contributed by atoms with Crippen LogP contribution in [0.3, 0.4) is 0 Å². The third-order valence-corrected chi connectivity index (χ3v) is 8.06. The highest BCUT2D eigenvalue weighted by Gasteiger charge is 2.29. The summed E-state index contributed by atoms with van der Waals surface area (Å²) in [7, 11) is 1.72. The van der Waals surface area contributed by atoms with Crippen molar-refractivity contribution in [2.75, 3.05) is 26.8 Å². The molecule has 174 valence electrons. The fraction of sp³-hybridized carbons (Fsp3) is 0.407. The van der Waals surface area contributed by atoms with Gasteiger partial charge in [0.05, 0.1) is 7.11 Å². The predicted octanol–water partition coefficient (Wildman–Crippen LogP) is 5.71. The van der Waals surface area contributed by atoms with E-state index >= 15 is 0 Å². The minimum Gasteiger partial charge on any atom is -0.497 e. The molecule has 1 aliphatic rings. The van der Waals surface area contributed by atoms with Gasteiger partial charge in [-0.3, -0.25) is 4.90 Å². The molecule has 1 fully saturated rings. The molecule has 0 spiro atoms. The second-order valence-corrected chi connectivity index (χ2v) is 10.4. The Hall–Kier alpha value is -2.54. The Morgan fingerprint density at radius 1 is 1.21 bits per heavy atom. The van der Waals surface area contributed by atoms with Crippen LogP contribution in [0.15, 0.2) is 48.5 Å². The minimum atomic E-state index is -0.518. The van der Waals surface area contributed by atoms with Crippen LogP contribution in [0, 0.1) is 6.92 Å². The lowest BCUT2D eigenvalue weighted by molar-refractivity contribution is 0.0408. The van der Waals surface area contributed by atoms with E-state index in [-0.39, 0.29) is 0 Å². The average molecular weight is 465 g/mol. The van der Waals surface area contributed by atoms with Gasteiger partial charge in [-0.05, 0) is 87.0 Å². The number of benzene rings is 2. The number of β-amino-alcohol motifs (C(OH)–C–C–N with tert-alkyl or cyclic N) is 1. The number of likely N-dealkylation sites (tertiary alicyclic amines) is 1. The molecular formula is C27H32N2O3S. The molecule has 33 heavy (non-hydrogen) atoms. The average Bonchev–Trinajstić information content (AvgIpc) is 3.41. The number of hydrogen-bond acceptors (Lipinski definition) is 5. The SMILES string of the molecule is COc1ccc2cc(C3CCN(CC(O)COc4cccc5[nH]c(C)cc45)C(C)C3)sc2c1. The van der Waals surface area contributed by atoms with Crippen LogP contribution in [0.1, 0.15) is 36.3 Å². The highest BCUT2D eigenvalue weighted by molar-refractivity contribution is 7.19. The lowest BCUT2D eigenvalue weighted by Gasteiger charge is -2.38. The summed E-state index contributed by atoms with van der Waals surface area (Å²) in [6.07, 6.45) is 1.71. The van der Waals surface area contributed by atoms with E-state index in [0.717, 1.165) is 47.5 Å². The van der Waals surface area contributed by atoms with E-state index in [2.05, 4.69) is 41.1 Å². The summed E-state index contributed by atoms with van der Waals surface area (Å²) >= 11 is 1.89. The monoisotopic (exact) mass is 464 g/mol. The van der Waals surface area contributed by atoms with Gasteiger partial charge in [0.15, 0.2) is 0 Å². The van der Waals surface area contributed by atoms with E-state index in [9.17, 15) is 5.11 Å². The van der Waals surface area contributed by atoms with Gasteiger partial charge in [0.2, 0.25) is 0 Å². The van der Waals surface area contributed by atoms with E-state index in [4.69, 9.17) is 9.47 Å². The second-order valence-electron chi connectivity index (χ2n) is 9.25. The number of nitrogens with one attached hydrogen (secondary N) is 1. The van der Waals surface area contributed by atoms with Crippen LogP contribution in [-0.4, -0.2) is 53.9 Å². The van der Waals surface area contributed by atoms with E-state index in [0.29, 0.717) is 25.1 Å². The van der Waals surface area contributed by atoms with Gasteiger partial charge >= 0.3 is 0 Å². The molecule has 1 saturated heterocycles. The highest BCUT2D eigenvalue weighted by Crippen LogP contribution is 2.39. The van der Waals surface area contributed by atoms with Crippen LogP contribution < -0.4 is 9.47 Å². The van der Waals surface area contributed by atoms with Gasteiger partial charge in [-0.1, -0.05) is 6.07 Å². The van der Waals surface area contributed by atoms with Crippen LogP contribution in [0.2, 0.25) is 0 Å². The Morgan fingerprint density at radius 2 is 2.09 bits per heavy atom.